The lowest BCUT2D eigenvalue weighted by molar-refractivity contribution is 0.0615. The fourth-order valence-electron chi connectivity index (χ4n) is 5.23. The van der Waals surface area contributed by atoms with E-state index in [-0.39, 0.29) is 32.8 Å². The predicted octanol–water partition coefficient (Wildman–Crippen LogP) is 4.07. The number of nitrogens with one attached hydrogen (secondary N) is 1. The lowest BCUT2D eigenvalue weighted by atomic mass is 9.93. The number of aryl methyl sites for hydroxylation is 1. The van der Waals surface area contributed by atoms with Gasteiger partial charge >= 0.3 is 0 Å². The molecule has 0 radical (unpaired) electrons. The van der Waals surface area contributed by atoms with E-state index in [1.165, 1.54) is 18.2 Å². The summed E-state index contributed by atoms with van der Waals surface area (Å²) in [6.45, 7) is 2.69. The van der Waals surface area contributed by atoms with Crippen molar-refractivity contribution in [2.75, 3.05) is 25.4 Å². The van der Waals surface area contributed by atoms with Gasteiger partial charge in [-0.2, -0.15) is 5.26 Å². The molecule has 0 aliphatic carbocycles. The van der Waals surface area contributed by atoms with Crippen molar-refractivity contribution in [3.63, 3.8) is 0 Å². The number of nitriles is 1. The normalized spacial score (nSPS) is 18.3. The minimum absolute atomic E-state index is 0.0586. The van der Waals surface area contributed by atoms with E-state index in [0.29, 0.717) is 47.1 Å². The molecule has 2 aliphatic heterocycles. The first-order valence-corrected chi connectivity index (χ1v) is 11.5. The Morgan fingerprint density at radius 3 is 2.85 bits per heavy atom. The smallest absolute Gasteiger partial charge is 0.256 e. The van der Waals surface area contributed by atoms with Gasteiger partial charge in [-0.25, -0.2) is 8.78 Å². The first-order chi connectivity index (χ1) is 16.0. The largest absolute Gasteiger partial charge is 0.389 e. The first-order valence-electron chi connectivity index (χ1n) is 10.7. The highest BCUT2D eigenvalue weighted by Crippen LogP contribution is 2.44. The van der Waals surface area contributed by atoms with Gasteiger partial charge in [-0.05, 0) is 30.2 Å². The van der Waals surface area contributed by atoms with Crippen molar-refractivity contribution in [3.8, 4) is 17.2 Å². The molecule has 9 heteroatoms. The summed E-state index contributed by atoms with van der Waals surface area (Å²) in [5, 5.41) is 14.1. The molecule has 1 amide bonds. The number of piperazine rings is 1. The number of thiophene rings is 1. The Hall–Kier alpha value is -3.48. The number of carbonyl (C=O) groups excluding carboxylic acids is 1. The third kappa shape index (κ3) is 2.81. The van der Waals surface area contributed by atoms with E-state index in [1.807, 2.05) is 21.7 Å². The number of nitrogens with zero attached hydrogens (tertiary/aromatic N) is 3. The number of hydrogen-bond acceptors (Lipinski definition) is 5. The highest BCUT2D eigenvalue weighted by molar-refractivity contribution is 7.23. The van der Waals surface area contributed by atoms with Crippen LogP contribution < -0.4 is 11.1 Å². The van der Waals surface area contributed by atoms with Crippen molar-refractivity contribution < 1.29 is 13.6 Å². The molecule has 1 atom stereocenters. The highest BCUT2D eigenvalue weighted by Gasteiger charge is 2.33. The lowest BCUT2D eigenvalue weighted by Gasteiger charge is -2.38. The van der Waals surface area contributed by atoms with Crippen LogP contribution in [0.4, 0.5) is 13.8 Å². The number of fused-ring (bicyclic) bond motifs is 2. The number of rotatable bonds is 1. The van der Waals surface area contributed by atoms with Crippen LogP contribution in [0.25, 0.3) is 32.1 Å². The number of anilines is 1. The summed E-state index contributed by atoms with van der Waals surface area (Å²) >= 11 is 0.979. The van der Waals surface area contributed by atoms with Gasteiger partial charge < -0.3 is 20.5 Å². The molecular formula is C24H19F2N5OS. The Balaban J connectivity index is 1.66. The average Bonchev–Trinajstić information content (AvgIpc) is 3.38. The second kappa shape index (κ2) is 7.27. The second-order valence-corrected chi connectivity index (χ2v) is 9.50. The maximum atomic E-state index is 15.8. The molecule has 166 valence electrons. The average molecular weight is 464 g/mol. The van der Waals surface area contributed by atoms with Crippen LogP contribution in [0.1, 0.15) is 22.3 Å². The molecule has 33 heavy (non-hydrogen) atoms. The standard InChI is InChI=1S/C24H19F2N5OS/c25-17-2-1-13(20-16(10-27)23(28)33-22(17)20)19-14-4-7-30-6-3-12-11-29-5-8-31(12)24(32)15(21(14)30)9-18(19)26/h1-2,4,7,9,12,29H,3,5-6,8,11,28H2. The zero-order valence-corrected chi connectivity index (χ0v) is 18.3. The fraction of sp³-hybridized carbons (Fsp3) is 0.250. The number of halogens is 2. The molecule has 0 spiro atoms. The van der Waals surface area contributed by atoms with Crippen LogP contribution in [0.5, 0.6) is 0 Å². The molecule has 6 rings (SSSR count). The van der Waals surface area contributed by atoms with Crippen LogP contribution in [0, 0.1) is 23.0 Å². The van der Waals surface area contributed by atoms with Gasteiger partial charge in [0.15, 0.2) is 0 Å². The van der Waals surface area contributed by atoms with E-state index in [9.17, 15) is 14.4 Å². The molecule has 2 aliphatic rings. The Morgan fingerprint density at radius 2 is 2.03 bits per heavy atom. The van der Waals surface area contributed by atoms with Gasteiger partial charge in [0.2, 0.25) is 0 Å². The Kier molecular flexibility index (Phi) is 4.44. The number of aromatic nitrogens is 1. The predicted molar refractivity (Wildman–Crippen MR) is 124 cm³/mol. The molecule has 6 nitrogen and oxygen atoms in total. The molecule has 2 aromatic heterocycles. The maximum absolute atomic E-state index is 15.8. The summed E-state index contributed by atoms with van der Waals surface area (Å²) < 4.78 is 32.6. The van der Waals surface area contributed by atoms with E-state index in [4.69, 9.17) is 5.73 Å². The summed E-state index contributed by atoms with van der Waals surface area (Å²) in [7, 11) is 0. The quantitative estimate of drug-likeness (QED) is 0.446. The molecule has 0 bridgehead atoms. The Bertz CT molecular complexity index is 1520. The highest BCUT2D eigenvalue weighted by atomic mass is 32.1. The summed E-state index contributed by atoms with van der Waals surface area (Å²) in [5.74, 6) is -1.28. The second-order valence-electron chi connectivity index (χ2n) is 8.45. The number of amides is 1. The zero-order chi connectivity index (χ0) is 22.9. The number of nitrogens with two attached hydrogens (primary N) is 1. The van der Waals surface area contributed by atoms with Gasteiger partial charge in [-0.15, -0.1) is 11.3 Å². The van der Waals surface area contributed by atoms with Crippen molar-refractivity contribution in [2.45, 2.75) is 19.0 Å². The topological polar surface area (TPSA) is 87.1 Å². The number of nitrogen functional groups attached to an aromatic ring is 1. The van der Waals surface area contributed by atoms with Gasteiger partial charge in [0.25, 0.3) is 5.91 Å². The summed E-state index contributed by atoms with van der Waals surface area (Å²) in [4.78, 5) is 15.3. The molecule has 0 saturated carbocycles. The Labute approximate surface area is 191 Å². The minimum atomic E-state index is -0.586. The van der Waals surface area contributed by atoms with E-state index < -0.39 is 11.6 Å². The van der Waals surface area contributed by atoms with E-state index in [2.05, 4.69) is 5.32 Å². The summed E-state index contributed by atoms with van der Waals surface area (Å²) in [5.41, 5.74) is 7.75. The van der Waals surface area contributed by atoms with Gasteiger partial charge in [0.05, 0.1) is 21.3 Å². The first kappa shape index (κ1) is 20.1. The molecule has 3 N–H and O–H groups in total. The van der Waals surface area contributed by atoms with Crippen LogP contribution in [-0.4, -0.2) is 41.1 Å². The van der Waals surface area contributed by atoms with Gasteiger partial charge in [0, 0.05) is 54.8 Å². The van der Waals surface area contributed by atoms with Gasteiger partial charge in [0.1, 0.15) is 22.7 Å². The molecule has 4 heterocycles. The van der Waals surface area contributed by atoms with Crippen molar-refractivity contribution >= 4 is 43.2 Å². The van der Waals surface area contributed by atoms with Crippen molar-refractivity contribution in [1.29, 1.82) is 5.26 Å². The van der Waals surface area contributed by atoms with Crippen LogP contribution in [0.2, 0.25) is 0 Å². The zero-order valence-electron chi connectivity index (χ0n) is 17.5. The van der Waals surface area contributed by atoms with Gasteiger partial charge in [-0.1, -0.05) is 6.07 Å². The summed E-state index contributed by atoms with van der Waals surface area (Å²) in [6.07, 6.45) is 2.65. The third-order valence-corrected chi connectivity index (χ3v) is 7.77. The maximum Gasteiger partial charge on any atom is 0.256 e. The van der Waals surface area contributed by atoms with Crippen molar-refractivity contribution in [2.24, 2.45) is 0 Å². The molecule has 1 saturated heterocycles. The van der Waals surface area contributed by atoms with E-state index >= 15 is 4.39 Å². The van der Waals surface area contributed by atoms with Crippen LogP contribution >= 0.6 is 11.3 Å². The van der Waals surface area contributed by atoms with Crippen LogP contribution in [0.3, 0.4) is 0 Å². The molecular weight excluding hydrogens is 444 g/mol. The lowest BCUT2D eigenvalue weighted by Crippen LogP contribution is -2.54. The molecule has 2 aromatic carbocycles. The summed E-state index contributed by atoms with van der Waals surface area (Å²) in [6, 6.07) is 7.94. The third-order valence-electron chi connectivity index (χ3n) is 6.74. The van der Waals surface area contributed by atoms with E-state index in [0.717, 1.165) is 24.3 Å². The monoisotopic (exact) mass is 463 g/mol. The van der Waals surface area contributed by atoms with Crippen molar-refractivity contribution in [3.05, 3.63) is 53.2 Å². The molecule has 4 aromatic rings. The van der Waals surface area contributed by atoms with Gasteiger partial charge in [-0.3, -0.25) is 4.79 Å². The SMILES string of the molecule is N#Cc1c(N)sc2c(F)ccc(-c3c(F)cc4c5c3ccn5CCC3CNCCN3C4=O)c12. The Morgan fingerprint density at radius 1 is 1.18 bits per heavy atom. The number of carbonyl (C=O) groups is 1. The molecule has 1 fully saturated rings. The molecule has 1 unspecified atom stereocenters. The minimum Gasteiger partial charge on any atom is -0.389 e. The fourth-order valence-corrected chi connectivity index (χ4v) is 6.18. The van der Waals surface area contributed by atoms with Crippen molar-refractivity contribution in [1.82, 2.24) is 14.8 Å². The van der Waals surface area contributed by atoms with Crippen LogP contribution in [-0.2, 0) is 6.54 Å². The number of hydrogen-bond donors (Lipinski definition) is 2. The van der Waals surface area contributed by atoms with E-state index in [1.54, 1.807) is 6.07 Å². The van der Waals surface area contributed by atoms with Crippen LogP contribution in [0.15, 0.2) is 30.5 Å². The number of benzene rings is 2.